The molecule has 0 unspecified atom stereocenters. The fourth-order valence-corrected chi connectivity index (χ4v) is 9.82. The van der Waals surface area contributed by atoms with Crippen LogP contribution in [-0.4, -0.2) is 69.9 Å². The lowest BCUT2D eigenvalue weighted by molar-refractivity contribution is -0.0314. The van der Waals surface area contributed by atoms with E-state index in [2.05, 4.69) is 65.4 Å². The summed E-state index contributed by atoms with van der Waals surface area (Å²) in [5.41, 5.74) is 18.3. The number of piperidine rings is 2. The van der Waals surface area contributed by atoms with Gasteiger partial charge in [-0.2, -0.15) is 0 Å². The first-order valence-electron chi connectivity index (χ1n) is 19.2. The highest BCUT2D eigenvalue weighted by Crippen LogP contribution is 2.51. The second kappa shape index (κ2) is 16.3. The molecule has 5 heterocycles. The quantitative estimate of drug-likeness (QED) is 0.120. The molecule has 2 aliphatic heterocycles. The average molecular weight is 811 g/mol. The van der Waals surface area contributed by atoms with Gasteiger partial charge in [0.25, 0.3) is 5.91 Å². The summed E-state index contributed by atoms with van der Waals surface area (Å²) in [5.74, 6) is 2.12. The number of carbonyl (C=O) groups excluding carboxylic acids is 1. The number of ether oxygens (including phenoxy) is 1. The number of halogens is 1. The van der Waals surface area contributed by atoms with E-state index in [4.69, 9.17) is 27.8 Å². The van der Waals surface area contributed by atoms with Crippen molar-refractivity contribution >= 4 is 57.9 Å². The summed E-state index contributed by atoms with van der Waals surface area (Å²) in [4.78, 5) is 33.4. The van der Waals surface area contributed by atoms with Crippen molar-refractivity contribution in [3.63, 3.8) is 0 Å². The molecule has 0 atom stereocenters. The Morgan fingerprint density at radius 2 is 1.73 bits per heavy atom. The van der Waals surface area contributed by atoms with Gasteiger partial charge < -0.3 is 31.3 Å². The standard InChI is InChI=1S/C41H47ClN10O2S2/c1-26-38(55-25-47-26)27-6-7-28(21-43)32(18-27)54-29-19-41(20-29)12-16-51(17-13-41)34-9-8-31(49-50-34)39(53)48-30-4-3-5-33(37(30)42)56-36-23-45-35(22-46-36)52-14-10-40(2,24-44)11-15-52/h3-9,18,22-23,25,29H,10-17,19-21,24,43-44H2,1-2H3,(H,48,53). The van der Waals surface area contributed by atoms with Crippen LogP contribution in [-0.2, 0) is 6.54 Å². The van der Waals surface area contributed by atoms with Gasteiger partial charge in [0, 0.05) is 43.2 Å². The Bertz CT molecular complexity index is 2160. The van der Waals surface area contributed by atoms with Crippen molar-refractivity contribution in [3.05, 3.63) is 88.4 Å². The number of anilines is 3. The molecule has 8 rings (SSSR count). The molecular weight excluding hydrogens is 764 g/mol. The molecule has 1 spiro atoms. The first-order chi connectivity index (χ1) is 27.1. The van der Waals surface area contributed by atoms with Crippen LogP contribution in [0.4, 0.5) is 17.3 Å². The van der Waals surface area contributed by atoms with Crippen LogP contribution in [0, 0.1) is 17.8 Å². The molecule has 15 heteroatoms. The number of nitrogens with two attached hydrogens (primary N) is 2. The van der Waals surface area contributed by atoms with Gasteiger partial charge in [-0.15, -0.1) is 21.5 Å². The number of benzene rings is 2. The normalized spacial score (nSPS) is 17.8. The molecule has 2 aromatic carbocycles. The predicted octanol–water partition coefficient (Wildman–Crippen LogP) is 7.61. The van der Waals surface area contributed by atoms with E-state index >= 15 is 0 Å². The van der Waals surface area contributed by atoms with E-state index in [1.807, 2.05) is 30.6 Å². The number of amides is 1. The van der Waals surface area contributed by atoms with Gasteiger partial charge in [0.2, 0.25) is 0 Å². The van der Waals surface area contributed by atoms with Crippen LogP contribution in [0.2, 0.25) is 5.02 Å². The van der Waals surface area contributed by atoms with Gasteiger partial charge in [0.15, 0.2) is 11.5 Å². The Kier molecular flexibility index (Phi) is 11.2. The van der Waals surface area contributed by atoms with Crippen LogP contribution in [0.3, 0.4) is 0 Å². The van der Waals surface area contributed by atoms with E-state index in [1.165, 1.54) is 11.8 Å². The molecule has 0 bridgehead atoms. The van der Waals surface area contributed by atoms with Gasteiger partial charge in [0.05, 0.1) is 45.3 Å². The van der Waals surface area contributed by atoms with Crippen molar-refractivity contribution in [1.82, 2.24) is 25.1 Å². The zero-order valence-corrected chi connectivity index (χ0v) is 34.1. The topological polar surface area (TPSA) is 161 Å². The molecule has 5 N–H and O–H groups in total. The minimum Gasteiger partial charge on any atom is -0.490 e. The Morgan fingerprint density at radius 3 is 2.39 bits per heavy atom. The highest BCUT2D eigenvalue weighted by atomic mass is 35.5. The fourth-order valence-electron chi connectivity index (χ4n) is 7.95. The molecule has 0 radical (unpaired) electrons. The number of thiazole rings is 1. The van der Waals surface area contributed by atoms with Gasteiger partial charge in [-0.25, -0.2) is 15.0 Å². The van der Waals surface area contributed by atoms with Crippen molar-refractivity contribution in [3.8, 4) is 16.2 Å². The van der Waals surface area contributed by atoms with Gasteiger partial charge in [-0.3, -0.25) is 4.79 Å². The molecule has 3 aromatic heterocycles. The number of rotatable bonds is 11. The lowest BCUT2D eigenvalue weighted by Gasteiger charge is -2.52. The maximum absolute atomic E-state index is 13.2. The molecule has 1 amide bonds. The van der Waals surface area contributed by atoms with Gasteiger partial charge in [-0.05, 0) is 98.7 Å². The third kappa shape index (κ3) is 8.21. The second-order valence-corrected chi connectivity index (χ2v) is 17.9. The Morgan fingerprint density at radius 1 is 0.964 bits per heavy atom. The molecule has 5 aromatic rings. The summed E-state index contributed by atoms with van der Waals surface area (Å²) in [6.07, 6.45) is 9.96. The molecular formula is C41H47ClN10O2S2. The number of aromatic nitrogens is 5. The molecule has 3 aliphatic rings. The third-order valence-electron chi connectivity index (χ3n) is 11.8. The number of aryl methyl sites for hydroxylation is 1. The number of nitrogens with zero attached hydrogens (tertiary/aromatic N) is 7. The summed E-state index contributed by atoms with van der Waals surface area (Å²) in [7, 11) is 0. The number of nitrogens with one attached hydrogen (secondary N) is 1. The van der Waals surface area contributed by atoms with E-state index in [9.17, 15) is 4.79 Å². The predicted molar refractivity (Wildman–Crippen MR) is 224 cm³/mol. The zero-order valence-electron chi connectivity index (χ0n) is 31.7. The SMILES string of the molecule is Cc1ncsc1-c1ccc(CN)c(OC2CC3(CCN(c4ccc(C(=O)Nc5cccc(Sc6cnc(N7CCC(C)(CN)CC7)cn6)c5Cl)nn4)CC3)C2)c1. The monoisotopic (exact) mass is 810 g/mol. The summed E-state index contributed by atoms with van der Waals surface area (Å²) >= 11 is 9.82. The van der Waals surface area contributed by atoms with Crippen LogP contribution in [0.25, 0.3) is 10.4 Å². The molecule has 1 aliphatic carbocycles. The minimum absolute atomic E-state index is 0.175. The van der Waals surface area contributed by atoms with E-state index in [0.717, 1.165) is 109 Å². The highest BCUT2D eigenvalue weighted by molar-refractivity contribution is 7.99. The fraction of sp³-hybridized carbons (Fsp3) is 0.415. The average Bonchev–Trinajstić information content (AvgIpc) is 3.65. The van der Waals surface area contributed by atoms with E-state index in [0.29, 0.717) is 28.8 Å². The van der Waals surface area contributed by atoms with Gasteiger partial charge in [-0.1, -0.05) is 48.5 Å². The summed E-state index contributed by atoms with van der Waals surface area (Å²) in [6.45, 7) is 8.99. The minimum atomic E-state index is -0.381. The first kappa shape index (κ1) is 38.5. The van der Waals surface area contributed by atoms with Crippen molar-refractivity contribution in [2.45, 2.75) is 74.9 Å². The van der Waals surface area contributed by atoms with Gasteiger partial charge >= 0.3 is 0 Å². The third-order valence-corrected chi connectivity index (χ3v) is 14.2. The number of carbonyl (C=O) groups is 1. The zero-order chi connectivity index (χ0) is 38.9. The van der Waals surface area contributed by atoms with Crippen molar-refractivity contribution in [2.24, 2.45) is 22.3 Å². The molecule has 2 saturated heterocycles. The van der Waals surface area contributed by atoms with E-state index in [-0.39, 0.29) is 28.5 Å². The smallest absolute Gasteiger partial charge is 0.276 e. The number of hydrogen-bond acceptors (Lipinski definition) is 13. The molecule has 1 saturated carbocycles. The summed E-state index contributed by atoms with van der Waals surface area (Å²) in [6, 6.07) is 15.4. The van der Waals surface area contributed by atoms with Crippen LogP contribution in [0.15, 0.2) is 76.4 Å². The van der Waals surface area contributed by atoms with Crippen molar-refractivity contribution in [2.75, 3.05) is 47.8 Å². The van der Waals surface area contributed by atoms with Crippen LogP contribution < -0.4 is 31.3 Å². The van der Waals surface area contributed by atoms with Crippen LogP contribution >= 0.6 is 34.7 Å². The van der Waals surface area contributed by atoms with Crippen molar-refractivity contribution in [1.29, 1.82) is 0 Å². The van der Waals surface area contributed by atoms with Crippen LogP contribution in [0.5, 0.6) is 5.75 Å². The Balaban J connectivity index is 0.822. The lowest BCUT2D eigenvalue weighted by atomic mass is 9.61. The van der Waals surface area contributed by atoms with E-state index < -0.39 is 0 Å². The van der Waals surface area contributed by atoms with Gasteiger partial charge in [0.1, 0.15) is 16.6 Å². The molecule has 56 heavy (non-hydrogen) atoms. The first-order valence-corrected chi connectivity index (χ1v) is 21.2. The maximum Gasteiger partial charge on any atom is 0.276 e. The highest BCUT2D eigenvalue weighted by Gasteiger charge is 2.47. The molecule has 12 nitrogen and oxygen atoms in total. The van der Waals surface area contributed by atoms with E-state index in [1.54, 1.807) is 35.9 Å². The maximum atomic E-state index is 13.2. The lowest BCUT2D eigenvalue weighted by Crippen LogP contribution is -2.51. The summed E-state index contributed by atoms with van der Waals surface area (Å²) in [5, 5.41) is 12.8. The van der Waals surface area contributed by atoms with Crippen molar-refractivity contribution < 1.29 is 9.53 Å². The molecule has 3 fully saturated rings. The number of hydrogen-bond donors (Lipinski definition) is 3. The second-order valence-electron chi connectivity index (χ2n) is 15.6. The largest absolute Gasteiger partial charge is 0.490 e. The molecule has 292 valence electrons. The van der Waals surface area contributed by atoms with Crippen LogP contribution in [0.1, 0.15) is 67.2 Å². The Labute approximate surface area is 340 Å². The Hall–Kier alpha value is -4.34. The summed E-state index contributed by atoms with van der Waals surface area (Å²) < 4.78 is 6.55.